The first-order chi connectivity index (χ1) is 10.7. The molecule has 0 radical (unpaired) electrons. The highest BCUT2D eigenvalue weighted by Crippen LogP contribution is 2.30. The minimum absolute atomic E-state index is 0.0109. The van der Waals surface area contributed by atoms with E-state index in [2.05, 4.69) is 10.6 Å². The Kier molecular flexibility index (Phi) is 4.65. The molecule has 120 valence electrons. The van der Waals surface area contributed by atoms with Gasteiger partial charge >= 0.3 is 6.03 Å². The van der Waals surface area contributed by atoms with Crippen molar-refractivity contribution in [3.05, 3.63) is 23.7 Å². The van der Waals surface area contributed by atoms with E-state index in [0.717, 1.165) is 56.5 Å². The van der Waals surface area contributed by atoms with Crippen LogP contribution in [-0.2, 0) is 11.2 Å². The lowest BCUT2D eigenvalue weighted by atomic mass is 9.93. The molecule has 2 aliphatic rings. The molecular formula is C16H23N3O3. The predicted molar refractivity (Wildman–Crippen MR) is 81.4 cm³/mol. The van der Waals surface area contributed by atoms with Crippen LogP contribution in [0, 0.1) is 0 Å². The van der Waals surface area contributed by atoms with Gasteiger partial charge in [-0.2, -0.15) is 0 Å². The fourth-order valence-corrected chi connectivity index (χ4v) is 3.25. The van der Waals surface area contributed by atoms with E-state index in [1.807, 2.05) is 11.0 Å². The number of rotatable bonds is 4. The van der Waals surface area contributed by atoms with E-state index in [9.17, 15) is 9.59 Å². The molecule has 2 N–H and O–H groups in total. The van der Waals surface area contributed by atoms with Crippen molar-refractivity contribution in [2.24, 2.45) is 0 Å². The monoisotopic (exact) mass is 305 g/mol. The molecule has 6 nitrogen and oxygen atoms in total. The summed E-state index contributed by atoms with van der Waals surface area (Å²) < 4.78 is 5.42. The summed E-state index contributed by atoms with van der Waals surface area (Å²) in [6.07, 6.45) is 7.10. The molecule has 1 saturated heterocycles. The second-order valence-electron chi connectivity index (χ2n) is 5.98. The maximum Gasteiger partial charge on any atom is 0.315 e. The van der Waals surface area contributed by atoms with E-state index in [1.165, 1.54) is 0 Å². The summed E-state index contributed by atoms with van der Waals surface area (Å²) in [7, 11) is 0. The van der Waals surface area contributed by atoms with Crippen LogP contribution in [0.15, 0.2) is 16.7 Å². The molecule has 6 heteroatoms. The van der Waals surface area contributed by atoms with Crippen molar-refractivity contribution in [1.29, 1.82) is 0 Å². The Morgan fingerprint density at radius 3 is 2.91 bits per heavy atom. The van der Waals surface area contributed by atoms with Crippen molar-refractivity contribution >= 4 is 11.9 Å². The zero-order valence-electron chi connectivity index (χ0n) is 12.8. The van der Waals surface area contributed by atoms with Crippen LogP contribution in [0.2, 0.25) is 0 Å². The SMILES string of the molecule is O=C(NCCC(=O)N1CCCC1)NC1CCCc2occc21. The molecule has 0 aromatic carbocycles. The first-order valence-electron chi connectivity index (χ1n) is 8.12. The molecule has 22 heavy (non-hydrogen) atoms. The average Bonchev–Trinajstić information content (AvgIpc) is 3.19. The molecule has 0 bridgehead atoms. The predicted octanol–water partition coefficient (Wildman–Crippen LogP) is 1.97. The van der Waals surface area contributed by atoms with Crippen molar-refractivity contribution in [3.8, 4) is 0 Å². The van der Waals surface area contributed by atoms with Crippen molar-refractivity contribution in [2.45, 2.75) is 44.6 Å². The van der Waals surface area contributed by atoms with Crippen LogP contribution in [0.3, 0.4) is 0 Å². The molecule has 1 aromatic rings. The van der Waals surface area contributed by atoms with Gasteiger partial charge in [-0.25, -0.2) is 4.79 Å². The molecule has 1 atom stereocenters. The highest BCUT2D eigenvalue weighted by molar-refractivity contribution is 5.78. The Bertz CT molecular complexity index is 534. The molecule has 1 aromatic heterocycles. The molecule has 1 aliphatic heterocycles. The van der Waals surface area contributed by atoms with Gasteiger partial charge in [-0.3, -0.25) is 4.79 Å². The van der Waals surface area contributed by atoms with Crippen molar-refractivity contribution in [2.75, 3.05) is 19.6 Å². The van der Waals surface area contributed by atoms with Gasteiger partial charge in [0.05, 0.1) is 12.3 Å². The van der Waals surface area contributed by atoms with Crippen molar-refractivity contribution < 1.29 is 14.0 Å². The van der Waals surface area contributed by atoms with Gasteiger partial charge in [0.1, 0.15) is 5.76 Å². The van der Waals surface area contributed by atoms with Crippen LogP contribution >= 0.6 is 0 Å². The summed E-state index contributed by atoms with van der Waals surface area (Å²) in [6, 6.07) is 1.72. The highest BCUT2D eigenvalue weighted by Gasteiger charge is 2.24. The van der Waals surface area contributed by atoms with Gasteiger partial charge in [-0.15, -0.1) is 0 Å². The van der Waals surface area contributed by atoms with Crippen LogP contribution in [-0.4, -0.2) is 36.5 Å². The number of amides is 3. The Morgan fingerprint density at radius 2 is 2.09 bits per heavy atom. The van der Waals surface area contributed by atoms with Gasteiger partial charge in [0, 0.05) is 38.0 Å². The number of aryl methyl sites for hydroxylation is 1. The minimum Gasteiger partial charge on any atom is -0.469 e. The standard InChI is InChI=1S/C16H23N3O3/c20-15(19-9-1-2-10-19)6-8-17-16(21)18-13-4-3-5-14-12(13)7-11-22-14/h7,11,13H,1-6,8-10H2,(H2,17,18,21). The number of hydrogen-bond donors (Lipinski definition) is 2. The summed E-state index contributed by atoms with van der Waals surface area (Å²) in [5.41, 5.74) is 1.08. The number of nitrogens with zero attached hydrogens (tertiary/aromatic N) is 1. The summed E-state index contributed by atoms with van der Waals surface area (Å²) in [6.45, 7) is 2.10. The van der Waals surface area contributed by atoms with Crippen molar-refractivity contribution in [1.82, 2.24) is 15.5 Å². The van der Waals surface area contributed by atoms with E-state index >= 15 is 0 Å². The maximum absolute atomic E-state index is 12.0. The molecule has 1 fully saturated rings. The number of nitrogens with one attached hydrogen (secondary N) is 2. The number of hydrogen-bond acceptors (Lipinski definition) is 3. The molecule has 0 saturated carbocycles. The second kappa shape index (κ2) is 6.85. The van der Waals surface area contributed by atoms with E-state index < -0.39 is 0 Å². The lowest BCUT2D eigenvalue weighted by molar-refractivity contribution is -0.129. The third kappa shape index (κ3) is 3.43. The number of fused-ring (bicyclic) bond motifs is 1. The zero-order valence-corrected chi connectivity index (χ0v) is 12.8. The highest BCUT2D eigenvalue weighted by atomic mass is 16.3. The lowest BCUT2D eigenvalue weighted by Crippen LogP contribution is -2.40. The molecular weight excluding hydrogens is 282 g/mol. The fraction of sp³-hybridized carbons (Fsp3) is 0.625. The Morgan fingerprint density at radius 1 is 1.27 bits per heavy atom. The quantitative estimate of drug-likeness (QED) is 0.893. The lowest BCUT2D eigenvalue weighted by Gasteiger charge is -2.23. The Hall–Kier alpha value is -1.98. The topological polar surface area (TPSA) is 74.6 Å². The maximum atomic E-state index is 12.0. The van der Waals surface area contributed by atoms with E-state index in [4.69, 9.17) is 4.42 Å². The van der Waals surface area contributed by atoms with Crippen LogP contribution in [0.5, 0.6) is 0 Å². The fourth-order valence-electron chi connectivity index (χ4n) is 3.25. The Labute approximate surface area is 130 Å². The first-order valence-corrected chi connectivity index (χ1v) is 8.12. The normalized spacial score (nSPS) is 20.5. The molecule has 0 spiro atoms. The number of carbonyl (C=O) groups excluding carboxylic acids is 2. The third-order valence-electron chi connectivity index (χ3n) is 4.44. The number of carbonyl (C=O) groups is 2. The smallest absolute Gasteiger partial charge is 0.315 e. The zero-order chi connectivity index (χ0) is 15.4. The van der Waals surface area contributed by atoms with Gasteiger partial charge in [-0.05, 0) is 31.7 Å². The second-order valence-corrected chi connectivity index (χ2v) is 5.98. The van der Waals surface area contributed by atoms with Gasteiger partial charge in [0.25, 0.3) is 0 Å². The van der Waals surface area contributed by atoms with Crippen LogP contribution in [0.25, 0.3) is 0 Å². The number of furan rings is 1. The van der Waals surface area contributed by atoms with E-state index in [1.54, 1.807) is 6.26 Å². The largest absolute Gasteiger partial charge is 0.469 e. The summed E-state index contributed by atoms with van der Waals surface area (Å²) in [5, 5.41) is 5.75. The van der Waals surface area contributed by atoms with Gasteiger partial charge in [-0.1, -0.05) is 0 Å². The molecule has 1 unspecified atom stereocenters. The van der Waals surface area contributed by atoms with Gasteiger partial charge in [0.15, 0.2) is 0 Å². The van der Waals surface area contributed by atoms with Crippen LogP contribution < -0.4 is 10.6 Å². The summed E-state index contributed by atoms with van der Waals surface area (Å²) in [5.74, 6) is 1.10. The van der Waals surface area contributed by atoms with E-state index in [-0.39, 0.29) is 18.0 Å². The first kappa shape index (κ1) is 14.9. The average molecular weight is 305 g/mol. The van der Waals surface area contributed by atoms with Gasteiger partial charge in [0.2, 0.25) is 5.91 Å². The molecule has 3 rings (SSSR count). The number of likely N-dealkylation sites (tertiary alicyclic amines) is 1. The van der Waals surface area contributed by atoms with Crippen molar-refractivity contribution in [3.63, 3.8) is 0 Å². The van der Waals surface area contributed by atoms with Gasteiger partial charge < -0.3 is 20.0 Å². The van der Waals surface area contributed by atoms with Crippen LogP contribution in [0.1, 0.15) is 49.5 Å². The third-order valence-corrected chi connectivity index (χ3v) is 4.44. The Balaban J connectivity index is 1.41. The van der Waals surface area contributed by atoms with E-state index in [0.29, 0.717) is 13.0 Å². The minimum atomic E-state index is -0.215. The molecule has 3 amide bonds. The van der Waals surface area contributed by atoms with Crippen LogP contribution in [0.4, 0.5) is 4.79 Å². The summed E-state index contributed by atoms with van der Waals surface area (Å²) in [4.78, 5) is 25.7. The summed E-state index contributed by atoms with van der Waals surface area (Å²) >= 11 is 0. The number of urea groups is 1. The molecule has 2 heterocycles. The molecule has 1 aliphatic carbocycles.